The van der Waals surface area contributed by atoms with Crippen LogP contribution >= 0.6 is 22.9 Å². The second-order valence-electron chi connectivity index (χ2n) is 5.36. The Labute approximate surface area is 127 Å². The highest BCUT2D eigenvalue weighted by atomic mass is 35.5. The van der Waals surface area contributed by atoms with E-state index in [0.29, 0.717) is 0 Å². The zero-order chi connectivity index (χ0) is 13.9. The van der Waals surface area contributed by atoms with Gasteiger partial charge < -0.3 is 5.73 Å². The van der Waals surface area contributed by atoms with Crippen LogP contribution in [-0.4, -0.2) is 0 Å². The van der Waals surface area contributed by atoms with Crippen molar-refractivity contribution in [2.24, 2.45) is 5.73 Å². The molecular formula is C16H28ClNS. The summed E-state index contributed by atoms with van der Waals surface area (Å²) in [7, 11) is 0. The summed E-state index contributed by atoms with van der Waals surface area (Å²) in [5.74, 6) is 0. The maximum absolute atomic E-state index is 6.16. The van der Waals surface area contributed by atoms with E-state index < -0.39 is 0 Å². The molecule has 1 rings (SSSR count). The van der Waals surface area contributed by atoms with E-state index in [1.54, 1.807) is 11.3 Å². The van der Waals surface area contributed by atoms with Gasteiger partial charge in [-0.25, -0.2) is 0 Å². The third-order valence-electron chi connectivity index (χ3n) is 3.60. The SMILES string of the molecule is CCCCCCCCCCCC(N)c1sccc1Cl. The predicted molar refractivity (Wildman–Crippen MR) is 88.1 cm³/mol. The third kappa shape index (κ3) is 7.34. The van der Waals surface area contributed by atoms with E-state index in [-0.39, 0.29) is 6.04 Å². The zero-order valence-corrected chi connectivity index (χ0v) is 13.7. The first-order chi connectivity index (χ1) is 9.25. The Morgan fingerprint density at radius 3 is 2.16 bits per heavy atom. The molecule has 0 fully saturated rings. The van der Waals surface area contributed by atoms with Crippen molar-refractivity contribution in [1.29, 1.82) is 0 Å². The van der Waals surface area contributed by atoms with Gasteiger partial charge in [0.15, 0.2) is 0 Å². The minimum atomic E-state index is 0.136. The topological polar surface area (TPSA) is 26.0 Å². The van der Waals surface area contributed by atoms with E-state index in [0.717, 1.165) is 16.3 Å². The Balaban J connectivity index is 1.95. The van der Waals surface area contributed by atoms with Gasteiger partial charge in [0.25, 0.3) is 0 Å². The van der Waals surface area contributed by atoms with E-state index in [2.05, 4.69) is 6.92 Å². The van der Waals surface area contributed by atoms with Gasteiger partial charge >= 0.3 is 0 Å². The van der Waals surface area contributed by atoms with Crippen molar-refractivity contribution in [1.82, 2.24) is 0 Å². The molecule has 0 saturated heterocycles. The zero-order valence-electron chi connectivity index (χ0n) is 12.2. The lowest BCUT2D eigenvalue weighted by Crippen LogP contribution is -2.08. The molecule has 1 nitrogen and oxygen atoms in total. The number of hydrogen-bond donors (Lipinski definition) is 1. The molecule has 0 aliphatic heterocycles. The molecule has 1 unspecified atom stereocenters. The fourth-order valence-corrected chi connectivity index (χ4v) is 3.61. The third-order valence-corrected chi connectivity index (χ3v) is 5.09. The number of halogens is 1. The fourth-order valence-electron chi connectivity index (χ4n) is 2.38. The predicted octanol–water partition coefficient (Wildman–Crippen LogP) is 6.32. The van der Waals surface area contributed by atoms with Crippen LogP contribution < -0.4 is 5.73 Å². The van der Waals surface area contributed by atoms with E-state index in [9.17, 15) is 0 Å². The Bertz CT molecular complexity index is 324. The Kier molecular flexibility index (Phi) is 9.58. The van der Waals surface area contributed by atoms with Gasteiger partial charge in [-0.05, 0) is 17.9 Å². The first-order valence-corrected chi connectivity index (χ1v) is 9.00. The minimum absolute atomic E-state index is 0.136. The number of unbranched alkanes of at least 4 members (excludes halogenated alkanes) is 8. The smallest absolute Gasteiger partial charge is 0.0561 e. The van der Waals surface area contributed by atoms with Crippen molar-refractivity contribution >= 4 is 22.9 Å². The van der Waals surface area contributed by atoms with Crippen LogP contribution in [0, 0.1) is 0 Å². The van der Waals surface area contributed by atoms with Crippen LogP contribution in [0.5, 0.6) is 0 Å². The standard InChI is InChI=1S/C16H28ClNS/c1-2-3-4-5-6-7-8-9-10-11-15(18)16-14(17)12-13-19-16/h12-13,15H,2-11,18H2,1H3. The molecule has 2 N–H and O–H groups in total. The van der Waals surface area contributed by atoms with Crippen molar-refractivity contribution in [3.05, 3.63) is 21.3 Å². The summed E-state index contributed by atoms with van der Waals surface area (Å²) in [6.45, 7) is 2.27. The molecule has 0 aliphatic carbocycles. The molecule has 110 valence electrons. The number of nitrogens with two attached hydrogens (primary N) is 1. The van der Waals surface area contributed by atoms with Crippen molar-refractivity contribution in [2.75, 3.05) is 0 Å². The highest BCUT2D eigenvalue weighted by Crippen LogP contribution is 2.30. The van der Waals surface area contributed by atoms with Crippen molar-refractivity contribution < 1.29 is 0 Å². The van der Waals surface area contributed by atoms with Gasteiger partial charge in [0, 0.05) is 10.9 Å². The molecule has 0 spiro atoms. The largest absolute Gasteiger partial charge is 0.323 e. The van der Waals surface area contributed by atoms with Gasteiger partial charge in [0.05, 0.1) is 5.02 Å². The minimum Gasteiger partial charge on any atom is -0.323 e. The van der Waals surface area contributed by atoms with E-state index in [4.69, 9.17) is 17.3 Å². The van der Waals surface area contributed by atoms with Crippen molar-refractivity contribution in [3.8, 4) is 0 Å². The van der Waals surface area contributed by atoms with E-state index >= 15 is 0 Å². The molecule has 3 heteroatoms. The lowest BCUT2D eigenvalue weighted by Gasteiger charge is -2.10. The Morgan fingerprint density at radius 2 is 1.63 bits per heavy atom. The summed E-state index contributed by atoms with van der Waals surface area (Å²) in [6.07, 6.45) is 13.3. The van der Waals surface area contributed by atoms with Crippen molar-refractivity contribution in [3.63, 3.8) is 0 Å². The maximum atomic E-state index is 6.16. The number of rotatable bonds is 11. The average Bonchev–Trinajstić information content (AvgIpc) is 2.83. The molecule has 1 aromatic heterocycles. The van der Waals surface area contributed by atoms with E-state index in [1.807, 2.05) is 11.4 Å². The van der Waals surface area contributed by atoms with Crippen LogP contribution in [0.15, 0.2) is 11.4 Å². The van der Waals surface area contributed by atoms with Crippen LogP contribution in [0.2, 0.25) is 5.02 Å². The highest BCUT2D eigenvalue weighted by Gasteiger charge is 2.10. The normalized spacial score (nSPS) is 12.8. The molecule has 1 atom stereocenters. The van der Waals surface area contributed by atoms with Crippen LogP contribution in [-0.2, 0) is 0 Å². The second-order valence-corrected chi connectivity index (χ2v) is 6.71. The summed E-state index contributed by atoms with van der Waals surface area (Å²) in [6, 6.07) is 2.08. The molecule has 19 heavy (non-hydrogen) atoms. The number of thiophene rings is 1. The van der Waals surface area contributed by atoms with Crippen LogP contribution in [0.1, 0.15) is 82.1 Å². The lowest BCUT2D eigenvalue weighted by molar-refractivity contribution is 0.535. The van der Waals surface area contributed by atoms with Gasteiger partial charge in [0.2, 0.25) is 0 Å². The van der Waals surface area contributed by atoms with Crippen LogP contribution in [0.4, 0.5) is 0 Å². The number of hydrogen-bond acceptors (Lipinski definition) is 2. The van der Waals surface area contributed by atoms with Gasteiger partial charge in [-0.15, -0.1) is 11.3 Å². The molecule has 0 radical (unpaired) electrons. The first-order valence-electron chi connectivity index (χ1n) is 7.74. The van der Waals surface area contributed by atoms with Gasteiger partial charge in [0.1, 0.15) is 0 Å². The summed E-state index contributed by atoms with van der Waals surface area (Å²) in [5, 5.41) is 2.86. The Hall–Kier alpha value is -0.0500. The summed E-state index contributed by atoms with van der Waals surface area (Å²) >= 11 is 7.77. The highest BCUT2D eigenvalue weighted by molar-refractivity contribution is 7.10. The molecule has 0 amide bonds. The Morgan fingerprint density at radius 1 is 1.05 bits per heavy atom. The van der Waals surface area contributed by atoms with Crippen LogP contribution in [0.25, 0.3) is 0 Å². The molecule has 0 aromatic carbocycles. The summed E-state index contributed by atoms with van der Waals surface area (Å²) < 4.78 is 0. The molecule has 0 bridgehead atoms. The molecule has 0 saturated carbocycles. The molecule has 1 heterocycles. The summed E-state index contributed by atoms with van der Waals surface area (Å²) in [4.78, 5) is 1.15. The van der Waals surface area contributed by atoms with Crippen molar-refractivity contribution in [2.45, 2.75) is 77.2 Å². The fraction of sp³-hybridized carbons (Fsp3) is 0.750. The van der Waals surface area contributed by atoms with Crippen LogP contribution in [0.3, 0.4) is 0 Å². The lowest BCUT2D eigenvalue weighted by atomic mass is 10.0. The monoisotopic (exact) mass is 301 g/mol. The molecule has 1 aromatic rings. The molecule has 0 aliphatic rings. The van der Waals surface area contributed by atoms with Gasteiger partial charge in [-0.1, -0.05) is 76.3 Å². The van der Waals surface area contributed by atoms with Gasteiger partial charge in [-0.3, -0.25) is 0 Å². The van der Waals surface area contributed by atoms with E-state index in [1.165, 1.54) is 57.8 Å². The first kappa shape index (κ1) is 17.0. The maximum Gasteiger partial charge on any atom is 0.0561 e. The van der Waals surface area contributed by atoms with Gasteiger partial charge in [-0.2, -0.15) is 0 Å². The average molecular weight is 302 g/mol. The second kappa shape index (κ2) is 10.7. The summed E-state index contributed by atoms with van der Waals surface area (Å²) in [5.41, 5.74) is 6.16. The molecular weight excluding hydrogens is 274 g/mol. The quantitative estimate of drug-likeness (QED) is 0.475.